The molecular weight excluding hydrogens is 292 g/mol. The fourth-order valence-electron chi connectivity index (χ4n) is 2.49. The van der Waals surface area contributed by atoms with Crippen LogP contribution in [0.5, 0.6) is 0 Å². The van der Waals surface area contributed by atoms with Gasteiger partial charge in [0.1, 0.15) is 12.0 Å². The molecule has 2 aromatic heterocycles. The molecule has 21 heavy (non-hydrogen) atoms. The molecule has 1 aliphatic rings. The highest BCUT2D eigenvalue weighted by molar-refractivity contribution is 7.88. The van der Waals surface area contributed by atoms with E-state index in [4.69, 9.17) is 4.42 Å². The van der Waals surface area contributed by atoms with Gasteiger partial charge in [-0.3, -0.25) is 4.98 Å². The van der Waals surface area contributed by atoms with Crippen LogP contribution in [0.3, 0.4) is 0 Å². The molecule has 0 amide bonds. The van der Waals surface area contributed by atoms with Crippen LogP contribution < -0.4 is 0 Å². The molecule has 0 radical (unpaired) electrons. The van der Waals surface area contributed by atoms with Crippen LogP contribution in [0.1, 0.15) is 24.5 Å². The summed E-state index contributed by atoms with van der Waals surface area (Å²) in [5.41, 5.74) is 1.37. The Bertz CT molecular complexity index is 698. The summed E-state index contributed by atoms with van der Waals surface area (Å²) in [7, 11) is -3.15. The summed E-state index contributed by atoms with van der Waals surface area (Å²) in [6.07, 6.45) is 9.31. The van der Waals surface area contributed by atoms with Crippen molar-refractivity contribution in [2.45, 2.75) is 18.8 Å². The number of rotatable bonds is 3. The van der Waals surface area contributed by atoms with Crippen LogP contribution in [-0.2, 0) is 10.0 Å². The largest absolute Gasteiger partial charge is 0.443 e. The second kappa shape index (κ2) is 5.53. The molecule has 112 valence electrons. The van der Waals surface area contributed by atoms with Crippen molar-refractivity contribution in [3.05, 3.63) is 30.5 Å². The van der Waals surface area contributed by atoms with Gasteiger partial charge in [0.05, 0.1) is 24.3 Å². The molecule has 2 aromatic rings. The lowest BCUT2D eigenvalue weighted by Gasteiger charge is -2.30. The fraction of sp³-hybridized carbons (Fsp3) is 0.462. The zero-order chi connectivity index (χ0) is 14.9. The molecule has 0 saturated carbocycles. The summed E-state index contributed by atoms with van der Waals surface area (Å²) in [6, 6.07) is 0. The van der Waals surface area contributed by atoms with E-state index in [1.54, 1.807) is 18.6 Å². The predicted octanol–water partition coefficient (Wildman–Crippen LogP) is 1.27. The van der Waals surface area contributed by atoms with E-state index in [-0.39, 0.29) is 5.92 Å². The molecule has 1 atom stereocenters. The molecule has 0 aromatic carbocycles. The Balaban J connectivity index is 1.78. The number of hydrogen-bond donors (Lipinski definition) is 0. The second-order valence-corrected chi connectivity index (χ2v) is 7.11. The normalized spacial score (nSPS) is 20.5. The van der Waals surface area contributed by atoms with Crippen molar-refractivity contribution in [3.63, 3.8) is 0 Å². The Morgan fingerprint density at radius 2 is 2.14 bits per heavy atom. The molecule has 7 nitrogen and oxygen atoms in total. The van der Waals surface area contributed by atoms with Crippen molar-refractivity contribution >= 4 is 10.0 Å². The number of nitrogens with zero attached hydrogens (tertiary/aromatic N) is 4. The molecule has 0 spiro atoms. The second-order valence-electron chi connectivity index (χ2n) is 5.12. The van der Waals surface area contributed by atoms with Crippen molar-refractivity contribution in [2.75, 3.05) is 19.3 Å². The average molecular weight is 308 g/mol. The van der Waals surface area contributed by atoms with Crippen LogP contribution in [-0.4, -0.2) is 47.0 Å². The maximum atomic E-state index is 11.6. The standard InChI is InChI=1S/C13H16N4O3S/c1-21(18,19)17-5-2-3-10(9-17)11-7-16-12(8-15-11)13-14-4-6-20-13/h4,6-8,10H,2-3,5,9H2,1H3/t10-/m1/s1. The molecular formula is C13H16N4O3S. The van der Waals surface area contributed by atoms with E-state index in [9.17, 15) is 8.42 Å². The molecule has 1 aliphatic heterocycles. The highest BCUT2D eigenvalue weighted by Crippen LogP contribution is 2.27. The molecule has 0 aliphatic carbocycles. The average Bonchev–Trinajstić information content (AvgIpc) is 3.01. The van der Waals surface area contributed by atoms with Crippen molar-refractivity contribution in [3.8, 4) is 11.6 Å². The van der Waals surface area contributed by atoms with Gasteiger partial charge in [0.25, 0.3) is 0 Å². The van der Waals surface area contributed by atoms with E-state index >= 15 is 0 Å². The SMILES string of the molecule is CS(=O)(=O)N1CCC[C@@H](c2cnc(-c3ncco3)cn2)C1. The maximum absolute atomic E-state index is 11.6. The van der Waals surface area contributed by atoms with E-state index in [1.807, 2.05) is 0 Å². The number of aromatic nitrogens is 3. The topological polar surface area (TPSA) is 89.2 Å². The molecule has 0 bridgehead atoms. The highest BCUT2D eigenvalue weighted by atomic mass is 32.2. The number of hydrogen-bond acceptors (Lipinski definition) is 6. The molecule has 0 N–H and O–H groups in total. The molecule has 1 saturated heterocycles. The first-order valence-corrected chi connectivity index (χ1v) is 8.56. The van der Waals surface area contributed by atoms with Gasteiger partial charge in [-0.2, -0.15) is 0 Å². The molecule has 1 fully saturated rings. The minimum Gasteiger partial charge on any atom is -0.443 e. The first kappa shape index (κ1) is 14.2. The van der Waals surface area contributed by atoms with Gasteiger partial charge < -0.3 is 4.42 Å². The third-order valence-electron chi connectivity index (χ3n) is 3.59. The van der Waals surface area contributed by atoms with Crippen LogP contribution >= 0.6 is 0 Å². The van der Waals surface area contributed by atoms with Gasteiger partial charge in [-0.1, -0.05) is 0 Å². The quantitative estimate of drug-likeness (QED) is 0.848. The molecule has 3 rings (SSSR count). The summed E-state index contributed by atoms with van der Waals surface area (Å²) >= 11 is 0. The fourth-order valence-corrected chi connectivity index (χ4v) is 3.41. The Morgan fingerprint density at radius 3 is 2.76 bits per heavy atom. The van der Waals surface area contributed by atoms with Crippen LogP contribution in [0.2, 0.25) is 0 Å². The zero-order valence-electron chi connectivity index (χ0n) is 11.6. The van der Waals surface area contributed by atoms with Crippen LogP contribution in [0.15, 0.2) is 29.3 Å². The van der Waals surface area contributed by atoms with Crippen LogP contribution in [0.25, 0.3) is 11.6 Å². The molecule has 0 unspecified atom stereocenters. The lowest BCUT2D eigenvalue weighted by molar-refractivity contribution is 0.314. The van der Waals surface area contributed by atoms with Crippen molar-refractivity contribution in [1.82, 2.24) is 19.3 Å². The molecule has 8 heteroatoms. The van der Waals surface area contributed by atoms with E-state index in [2.05, 4.69) is 15.0 Å². The minimum absolute atomic E-state index is 0.0829. The summed E-state index contributed by atoms with van der Waals surface area (Å²) < 4.78 is 30.0. The van der Waals surface area contributed by atoms with E-state index in [0.717, 1.165) is 18.5 Å². The summed E-state index contributed by atoms with van der Waals surface area (Å²) in [5, 5.41) is 0. The van der Waals surface area contributed by atoms with Gasteiger partial charge >= 0.3 is 0 Å². The summed E-state index contributed by atoms with van der Waals surface area (Å²) in [6.45, 7) is 1.04. The highest BCUT2D eigenvalue weighted by Gasteiger charge is 2.27. The van der Waals surface area contributed by atoms with Gasteiger partial charge in [0.2, 0.25) is 15.9 Å². The predicted molar refractivity (Wildman–Crippen MR) is 75.9 cm³/mol. The Kier molecular flexibility index (Phi) is 3.73. The third kappa shape index (κ3) is 3.11. The van der Waals surface area contributed by atoms with Gasteiger partial charge in [-0.05, 0) is 12.8 Å². The summed E-state index contributed by atoms with van der Waals surface area (Å²) in [5.74, 6) is 0.509. The summed E-state index contributed by atoms with van der Waals surface area (Å²) in [4.78, 5) is 12.7. The number of piperidine rings is 1. The Labute approximate surface area is 123 Å². The lowest BCUT2D eigenvalue weighted by atomic mass is 9.96. The van der Waals surface area contributed by atoms with Crippen molar-refractivity contribution in [1.29, 1.82) is 0 Å². The van der Waals surface area contributed by atoms with Gasteiger partial charge in [-0.25, -0.2) is 22.7 Å². The van der Waals surface area contributed by atoms with E-state index < -0.39 is 10.0 Å². The Morgan fingerprint density at radius 1 is 1.29 bits per heavy atom. The van der Waals surface area contributed by atoms with Crippen LogP contribution in [0, 0.1) is 0 Å². The van der Waals surface area contributed by atoms with E-state index in [1.165, 1.54) is 16.8 Å². The third-order valence-corrected chi connectivity index (χ3v) is 4.86. The van der Waals surface area contributed by atoms with E-state index in [0.29, 0.717) is 24.7 Å². The van der Waals surface area contributed by atoms with Gasteiger partial charge in [0.15, 0.2) is 0 Å². The maximum Gasteiger partial charge on any atom is 0.246 e. The lowest BCUT2D eigenvalue weighted by Crippen LogP contribution is -2.38. The first-order chi connectivity index (χ1) is 10.0. The monoisotopic (exact) mass is 308 g/mol. The van der Waals surface area contributed by atoms with Crippen molar-refractivity contribution < 1.29 is 12.8 Å². The number of sulfonamides is 1. The Hall–Kier alpha value is -1.80. The van der Waals surface area contributed by atoms with Crippen LogP contribution in [0.4, 0.5) is 0 Å². The minimum atomic E-state index is -3.15. The zero-order valence-corrected chi connectivity index (χ0v) is 12.5. The van der Waals surface area contributed by atoms with Gasteiger partial charge in [-0.15, -0.1) is 0 Å². The van der Waals surface area contributed by atoms with Gasteiger partial charge in [0, 0.05) is 25.2 Å². The van der Waals surface area contributed by atoms with Crippen molar-refractivity contribution in [2.24, 2.45) is 0 Å². The smallest absolute Gasteiger partial charge is 0.246 e. The first-order valence-electron chi connectivity index (χ1n) is 6.71. The number of oxazole rings is 1. The molecule has 3 heterocycles.